The maximum atomic E-state index is 13.1. The van der Waals surface area contributed by atoms with Crippen LogP contribution in [0.2, 0.25) is 0 Å². The number of pyridine rings is 1. The molecule has 10 heteroatoms. The summed E-state index contributed by atoms with van der Waals surface area (Å²) in [5, 5.41) is 11.9. The Morgan fingerprint density at radius 1 is 0.970 bits per heavy atom. The Labute approximate surface area is 191 Å². The van der Waals surface area contributed by atoms with Crippen LogP contribution in [0.25, 0.3) is 0 Å². The largest absolute Gasteiger partial charge is 0.366 e. The van der Waals surface area contributed by atoms with Gasteiger partial charge < -0.3 is 24.2 Å². The van der Waals surface area contributed by atoms with Crippen LogP contribution in [0.5, 0.6) is 0 Å². The fourth-order valence-corrected chi connectivity index (χ4v) is 4.81. The monoisotopic (exact) mass is 453 g/mol. The number of hydrogen-bond donors (Lipinski definition) is 0. The summed E-state index contributed by atoms with van der Waals surface area (Å²) in [4.78, 5) is 34.8. The van der Waals surface area contributed by atoms with Crippen LogP contribution in [0.15, 0.2) is 42.6 Å². The van der Waals surface area contributed by atoms with E-state index >= 15 is 0 Å². The van der Waals surface area contributed by atoms with Crippen molar-refractivity contribution in [2.45, 2.75) is 18.6 Å². The number of ether oxygens (including phenoxy) is 2. The molecular formula is C23H27N5O5. The van der Waals surface area contributed by atoms with Crippen molar-refractivity contribution >= 4 is 23.1 Å². The van der Waals surface area contributed by atoms with Crippen molar-refractivity contribution in [1.29, 1.82) is 0 Å². The van der Waals surface area contributed by atoms with Crippen LogP contribution in [0.1, 0.15) is 23.2 Å². The quantitative estimate of drug-likeness (QED) is 0.513. The first kappa shape index (κ1) is 21.6. The summed E-state index contributed by atoms with van der Waals surface area (Å²) in [5.74, 6) is 0.162. The van der Waals surface area contributed by atoms with Gasteiger partial charge in [0.15, 0.2) is 5.79 Å². The summed E-state index contributed by atoms with van der Waals surface area (Å²) >= 11 is 0. The van der Waals surface area contributed by atoms with Gasteiger partial charge in [0, 0.05) is 69.9 Å². The second kappa shape index (κ2) is 8.95. The predicted octanol–water partition coefficient (Wildman–Crippen LogP) is 2.30. The molecule has 1 aromatic heterocycles. The van der Waals surface area contributed by atoms with Crippen LogP contribution in [0.3, 0.4) is 0 Å². The zero-order valence-electron chi connectivity index (χ0n) is 18.4. The number of rotatable bonds is 4. The zero-order valence-corrected chi connectivity index (χ0v) is 18.4. The number of nitrogens with zero attached hydrogens (tertiary/aromatic N) is 5. The van der Waals surface area contributed by atoms with Gasteiger partial charge in [0.1, 0.15) is 11.5 Å². The van der Waals surface area contributed by atoms with Gasteiger partial charge in [-0.15, -0.1) is 0 Å². The summed E-state index contributed by atoms with van der Waals surface area (Å²) < 4.78 is 11.5. The van der Waals surface area contributed by atoms with Gasteiger partial charge in [-0.2, -0.15) is 0 Å². The van der Waals surface area contributed by atoms with Crippen LogP contribution in [-0.2, 0) is 9.47 Å². The number of piperazine rings is 1. The zero-order chi connectivity index (χ0) is 22.8. The molecule has 0 radical (unpaired) electrons. The number of amides is 1. The van der Waals surface area contributed by atoms with Gasteiger partial charge in [-0.3, -0.25) is 14.9 Å². The summed E-state index contributed by atoms with van der Waals surface area (Å²) in [5.41, 5.74) is 0.828. The first-order chi connectivity index (χ1) is 16.0. The molecule has 0 N–H and O–H groups in total. The van der Waals surface area contributed by atoms with E-state index in [0.29, 0.717) is 76.6 Å². The Morgan fingerprint density at radius 3 is 2.33 bits per heavy atom. The fourth-order valence-electron chi connectivity index (χ4n) is 4.81. The molecule has 0 unspecified atom stereocenters. The lowest BCUT2D eigenvalue weighted by Gasteiger charge is -2.38. The number of carbonyl (C=O) groups excluding carboxylic acids is 1. The number of nitro benzene ring substituents is 1. The topological polar surface area (TPSA) is 101 Å². The third kappa shape index (κ3) is 4.36. The van der Waals surface area contributed by atoms with Gasteiger partial charge >= 0.3 is 0 Å². The molecule has 174 valence electrons. The summed E-state index contributed by atoms with van der Waals surface area (Å²) in [7, 11) is 0. The average Bonchev–Trinajstić information content (AvgIpc) is 3.32. The lowest BCUT2D eigenvalue weighted by Crippen LogP contribution is -2.49. The molecule has 2 aromatic rings. The highest BCUT2D eigenvalue weighted by molar-refractivity contribution is 5.96. The third-order valence-electron chi connectivity index (χ3n) is 6.64. The molecule has 4 heterocycles. The van der Waals surface area contributed by atoms with E-state index in [0.717, 1.165) is 5.82 Å². The SMILES string of the molecule is O=C(c1ccc(N2CCC3(CC2)OCCO3)c([N+](=O)[O-])c1)N1CCN(c2ccccn2)CC1. The molecule has 0 atom stereocenters. The molecule has 3 aliphatic heterocycles. The molecule has 33 heavy (non-hydrogen) atoms. The first-order valence-corrected chi connectivity index (χ1v) is 11.3. The van der Waals surface area contributed by atoms with E-state index in [1.807, 2.05) is 23.1 Å². The molecule has 1 aromatic carbocycles. The van der Waals surface area contributed by atoms with Crippen LogP contribution >= 0.6 is 0 Å². The van der Waals surface area contributed by atoms with Crippen molar-refractivity contribution in [3.05, 3.63) is 58.3 Å². The first-order valence-electron chi connectivity index (χ1n) is 11.3. The van der Waals surface area contributed by atoms with Gasteiger partial charge in [-0.05, 0) is 24.3 Å². The average molecular weight is 453 g/mol. The number of anilines is 2. The molecule has 5 rings (SSSR count). The van der Waals surface area contributed by atoms with Crippen LogP contribution in [0.4, 0.5) is 17.2 Å². The summed E-state index contributed by atoms with van der Waals surface area (Å²) in [6.07, 6.45) is 3.07. The molecule has 1 spiro atoms. The Kier molecular flexibility index (Phi) is 5.86. The maximum absolute atomic E-state index is 13.1. The Morgan fingerprint density at radius 2 is 1.70 bits per heavy atom. The van der Waals surface area contributed by atoms with Crippen molar-refractivity contribution in [1.82, 2.24) is 9.88 Å². The van der Waals surface area contributed by atoms with Crippen LogP contribution in [-0.4, -0.2) is 79.0 Å². The van der Waals surface area contributed by atoms with Gasteiger partial charge in [0.05, 0.1) is 18.1 Å². The van der Waals surface area contributed by atoms with Crippen molar-refractivity contribution in [3.8, 4) is 0 Å². The number of nitro groups is 1. The highest BCUT2D eigenvalue weighted by Crippen LogP contribution is 2.37. The van der Waals surface area contributed by atoms with E-state index in [4.69, 9.17) is 9.47 Å². The second-order valence-electron chi connectivity index (χ2n) is 8.52. The highest BCUT2D eigenvalue weighted by Gasteiger charge is 2.40. The lowest BCUT2D eigenvalue weighted by atomic mass is 10.0. The molecule has 10 nitrogen and oxygen atoms in total. The Hall–Kier alpha value is -3.24. The predicted molar refractivity (Wildman–Crippen MR) is 122 cm³/mol. The van der Waals surface area contributed by atoms with E-state index in [2.05, 4.69) is 9.88 Å². The van der Waals surface area contributed by atoms with Crippen molar-refractivity contribution < 1.29 is 19.2 Å². The number of benzene rings is 1. The Balaban J connectivity index is 1.27. The molecule has 3 saturated heterocycles. The molecular weight excluding hydrogens is 426 g/mol. The van der Waals surface area contributed by atoms with Gasteiger partial charge in [-0.1, -0.05) is 6.07 Å². The van der Waals surface area contributed by atoms with Gasteiger partial charge in [0.25, 0.3) is 11.6 Å². The van der Waals surface area contributed by atoms with Crippen molar-refractivity contribution in [3.63, 3.8) is 0 Å². The minimum Gasteiger partial charge on any atom is -0.366 e. The fraction of sp³-hybridized carbons (Fsp3) is 0.478. The van der Waals surface area contributed by atoms with Gasteiger partial charge in [0.2, 0.25) is 0 Å². The number of piperidine rings is 1. The normalized spacial score (nSPS) is 20.3. The smallest absolute Gasteiger partial charge is 0.293 e. The third-order valence-corrected chi connectivity index (χ3v) is 6.64. The number of aromatic nitrogens is 1. The molecule has 3 fully saturated rings. The number of hydrogen-bond acceptors (Lipinski definition) is 8. The van der Waals surface area contributed by atoms with E-state index in [1.165, 1.54) is 6.07 Å². The minimum absolute atomic E-state index is 0.0443. The summed E-state index contributed by atoms with van der Waals surface area (Å²) in [6.45, 7) is 4.80. The van der Waals surface area contributed by atoms with Crippen LogP contribution < -0.4 is 9.80 Å². The highest BCUT2D eigenvalue weighted by atomic mass is 16.7. The molecule has 0 saturated carbocycles. The van der Waals surface area contributed by atoms with Crippen molar-refractivity contribution in [2.24, 2.45) is 0 Å². The minimum atomic E-state index is -0.543. The summed E-state index contributed by atoms with van der Waals surface area (Å²) in [6, 6.07) is 10.6. The van der Waals surface area contributed by atoms with Gasteiger partial charge in [-0.25, -0.2) is 4.98 Å². The molecule has 0 aliphatic carbocycles. The molecule has 0 bridgehead atoms. The standard InChI is InChI=1S/C23H27N5O5/c29-22(27-13-11-26(12-14-27)21-3-1-2-8-24-21)18-4-5-19(20(17-18)28(30)31)25-9-6-23(7-10-25)32-15-16-33-23/h1-5,8,17H,6-7,9-16H2. The molecule has 1 amide bonds. The second-order valence-corrected chi connectivity index (χ2v) is 8.52. The van der Waals surface area contributed by atoms with E-state index in [-0.39, 0.29) is 11.6 Å². The van der Waals surface area contributed by atoms with Crippen LogP contribution in [0, 0.1) is 10.1 Å². The van der Waals surface area contributed by atoms with E-state index < -0.39 is 10.7 Å². The van der Waals surface area contributed by atoms with E-state index in [9.17, 15) is 14.9 Å². The van der Waals surface area contributed by atoms with Crippen molar-refractivity contribution in [2.75, 3.05) is 62.3 Å². The molecule has 3 aliphatic rings. The van der Waals surface area contributed by atoms with E-state index in [1.54, 1.807) is 23.2 Å². The number of carbonyl (C=O) groups is 1. The Bertz CT molecular complexity index is 1010. The maximum Gasteiger partial charge on any atom is 0.293 e. The lowest BCUT2D eigenvalue weighted by molar-refractivity contribution is -0.384.